The predicted octanol–water partition coefficient (Wildman–Crippen LogP) is 3.32. The average Bonchev–Trinajstić information content (AvgIpc) is 2.36. The van der Waals surface area contributed by atoms with Gasteiger partial charge in [-0.05, 0) is 64.6 Å². The fraction of sp³-hybridized carbons (Fsp3) is 1.00. The van der Waals surface area contributed by atoms with E-state index in [0.717, 1.165) is 12.0 Å². The van der Waals surface area contributed by atoms with Gasteiger partial charge in [0.2, 0.25) is 0 Å². The van der Waals surface area contributed by atoms with Gasteiger partial charge in [-0.2, -0.15) is 0 Å². The highest BCUT2D eigenvalue weighted by Gasteiger charge is 2.12. The van der Waals surface area contributed by atoms with Gasteiger partial charge in [0.05, 0.1) is 0 Å². The molecule has 0 aromatic heterocycles. The van der Waals surface area contributed by atoms with Crippen LogP contribution in [0, 0.1) is 5.92 Å². The minimum absolute atomic E-state index is 0.717. The monoisotopic (exact) mass is 240 g/mol. The molecule has 17 heavy (non-hydrogen) atoms. The Bertz CT molecular complexity index is 164. The summed E-state index contributed by atoms with van der Waals surface area (Å²) < 4.78 is 0. The number of nitrogens with one attached hydrogen (secondary N) is 2. The van der Waals surface area contributed by atoms with Crippen LogP contribution in [-0.2, 0) is 0 Å². The van der Waals surface area contributed by atoms with Gasteiger partial charge in [-0.25, -0.2) is 0 Å². The molecule has 0 amide bonds. The van der Waals surface area contributed by atoms with Gasteiger partial charge in [-0.3, -0.25) is 0 Å². The summed E-state index contributed by atoms with van der Waals surface area (Å²) in [6, 6.07) is 0.717. The standard InChI is InChI=1S/C15H32N2/c1-3-4-5-7-14(2)17-11-6-8-15-9-12-16-13-10-15/h14-17H,3-13H2,1-2H3. The minimum atomic E-state index is 0.717. The molecule has 0 aliphatic carbocycles. The Morgan fingerprint density at radius 1 is 1.18 bits per heavy atom. The normalized spacial score (nSPS) is 19.4. The maximum Gasteiger partial charge on any atom is 0.00387 e. The molecule has 0 radical (unpaired) electrons. The zero-order chi connectivity index (χ0) is 12.3. The summed E-state index contributed by atoms with van der Waals surface area (Å²) in [5, 5.41) is 7.10. The minimum Gasteiger partial charge on any atom is -0.317 e. The number of piperidine rings is 1. The molecular weight excluding hydrogens is 208 g/mol. The molecule has 1 aliphatic rings. The second-order valence-electron chi connectivity index (χ2n) is 5.69. The van der Waals surface area contributed by atoms with Gasteiger partial charge < -0.3 is 10.6 Å². The Balaban J connectivity index is 1.88. The van der Waals surface area contributed by atoms with Crippen molar-refractivity contribution in [1.29, 1.82) is 0 Å². The molecule has 0 spiro atoms. The molecule has 102 valence electrons. The van der Waals surface area contributed by atoms with Crippen molar-refractivity contribution in [2.75, 3.05) is 19.6 Å². The molecule has 1 heterocycles. The Hall–Kier alpha value is -0.0800. The summed E-state index contributed by atoms with van der Waals surface area (Å²) in [4.78, 5) is 0. The smallest absolute Gasteiger partial charge is 0.00387 e. The summed E-state index contributed by atoms with van der Waals surface area (Å²) in [5.41, 5.74) is 0. The third kappa shape index (κ3) is 7.77. The van der Waals surface area contributed by atoms with Crippen LogP contribution in [0.4, 0.5) is 0 Å². The predicted molar refractivity (Wildman–Crippen MR) is 76.4 cm³/mol. The van der Waals surface area contributed by atoms with Gasteiger partial charge in [-0.15, -0.1) is 0 Å². The van der Waals surface area contributed by atoms with Crippen LogP contribution in [0.1, 0.15) is 65.2 Å². The van der Waals surface area contributed by atoms with Crippen LogP contribution in [0.2, 0.25) is 0 Å². The van der Waals surface area contributed by atoms with Crippen LogP contribution in [-0.4, -0.2) is 25.7 Å². The fourth-order valence-corrected chi connectivity index (χ4v) is 2.71. The molecule has 0 aromatic rings. The van der Waals surface area contributed by atoms with Crippen molar-refractivity contribution in [2.24, 2.45) is 5.92 Å². The van der Waals surface area contributed by atoms with Crippen LogP contribution in [0.15, 0.2) is 0 Å². The summed E-state index contributed by atoms with van der Waals surface area (Å²) in [6.45, 7) is 8.31. The van der Waals surface area contributed by atoms with Crippen molar-refractivity contribution < 1.29 is 0 Å². The lowest BCUT2D eigenvalue weighted by molar-refractivity contribution is 0.341. The zero-order valence-corrected chi connectivity index (χ0v) is 11.9. The molecule has 1 fully saturated rings. The molecule has 2 heteroatoms. The second-order valence-corrected chi connectivity index (χ2v) is 5.69. The van der Waals surface area contributed by atoms with Crippen molar-refractivity contribution in [2.45, 2.75) is 71.3 Å². The molecule has 2 N–H and O–H groups in total. The molecule has 0 bridgehead atoms. The van der Waals surface area contributed by atoms with Gasteiger partial charge in [0.15, 0.2) is 0 Å². The van der Waals surface area contributed by atoms with Gasteiger partial charge in [-0.1, -0.05) is 26.2 Å². The van der Waals surface area contributed by atoms with E-state index in [0.29, 0.717) is 0 Å². The molecule has 1 saturated heterocycles. The number of unbranched alkanes of at least 4 members (excludes halogenated alkanes) is 2. The topological polar surface area (TPSA) is 24.1 Å². The van der Waals surface area contributed by atoms with Gasteiger partial charge >= 0.3 is 0 Å². The second kappa shape index (κ2) is 9.90. The highest BCUT2D eigenvalue weighted by atomic mass is 14.9. The van der Waals surface area contributed by atoms with Crippen LogP contribution in [0.3, 0.4) is 0 Å². The van der Waals surface area contributed by atoms with Crippen molar-refractivity contribution in [1.82, 2.24) is 10.6 Å². The quantitative estimate of drug-likeness (QED) is 0.604. The van der Waals surface area contributed by atoms with Crippen molar-refractivity contribution in [3.63, 3.8) is 0 Å². The Morgan fingerprint density at radius 3 is 2.65 bits per heavy atom. The van der Waals surface area contributed by atoms with E-state index in [1.54, 1.807) is 0 Å². The van der Waals surface area contributed by atoms with E-state index in [4.69, 9.17) is 0 Å². The van der Waals surface area contributed by atoms with Crippen LogP contribution >= 0.6 is 0 Å². The lowest BCUT2D eigenvalue weighted by Gasteiger charge is -2.22. The van der Waals surface area contributed by atoms with E-state index >= 15 is 0 Å². The first kappa shape index (κ1) is 15.0. The first-order valence-electron chi connectivity index (χ1n) is 7.77. The Morgan fingerprint density at radius 2 is 1.94 bits per heavy atom. The molecule has 0 aromatic carbocycles. The summed E-state index contributed by atoms with van der Waals surface area (Å²) in [5.74, 6) is 0.994. The first-order chi connectivity index (χ1) is 8.33. The van der Waals surface area contributed by atoms with Gasteiger partial charge in [0, 0.05) is 6.04 Å². The highest BCUT2D eigenvalue weighted by Crippen LogP contribution is 2.17. The number of hydrogen-bond acceptors (Lipinski definition) is 2. The average molecular weight is 240 g/mol. The highest BCUT2D eigenvalue weighted by molar-refractivity contribution is 4.69. The molecule has 1 rings (SSSR count). The van der Waals surface area contributed by atoms with Crippen molar-refractivity contribution >= 4 is 0 Å². The summed E-state index contributed by atoms with van der Waals surface area (Å²) in [6.07, 6.45) is 11.0. The Labute approximate surface area is 108 Å². The first-order valence-corrected chi connectivity index (χ1v) is 7.77. The summed E-state index contributed by atoms with van der Waals surface area (Å²) in [7, 11) is 0. The lowest BCUT2D eigenvalue weighted by Crippen LogP contribution is -2.29. The third-order valence-corrected chi connectivity index (χ3v) is 3.98. The molecule has 0 saturated carbocycles. The van der Waals surface area contributed by atoms with E-state index in [1.807, 2.05) is 0 Å². The van der Waals surface area contributed by atoms with Crippen LogP contribution < -0.4 is 10.6 Å². The molecular formula is C15H32N2. The maximum absolute atomic E-state index is 3.67. The van der Waals surface area contributed by atoms with Crippen molar-refractivity contribution in [3.8, 4) is 0 Å². The van der Waals surface area contributed by atoms with E-state index < -0.39 is 0 Å². The number of hydrogen-bond donors (Lipinski definition) is 2. The zero-order valence-electron chi connectivity index (χ0n) is 11.9. The van der Waals surface area contributed by atoms with E-state index in [-0.39, 0.29) is 0 Å². The number of rotatable bonds is 9. The van der Waals surface area contributed by atoms with E-state index in [1.165, 1.54) is 71.0 Å². The van der Waals surface area contributed by atoms with E-state index in [9.17, 15) is 0 Å². The third-order valence-electron chi connectivity index (χ3n) is 3.98. The van der Waals surface area contributed by atoms with Crippen LogP contribution in [0.5, 0.6) is 0 Å². The Kier molecular flexibility index (Phi) is 8.72. The SMILES string of the molecule is CCCCCC(C)NCCCC1CCNCC1. The summed E-state index contributed by atoms with van der Waals surface area (Å²) >= 11 is 0. The maximum atomic E-state index is 3.67. The molecule has 1 aliphatic heterocycles. The fourth-order valence-electron chi connectivity index (χ4n) is 2.71. The molecule has 2 nitrogen and oxygen atoms in total. The van der Waals surface area contributed by atoms with Crippen LogP contribution in [0.25, 0.3) is 0 Å². The lowest BCUT2D eigenvalue weighted by atomic mass is 9.93. The van der Waals surface area contributed by atoms with Crippen molar-refractivity contribution in [3.05, 3.63) is 0 Å². The van der Waals surface area contributed by atoms with Gasteiger partial charge in [0.1, 0.15) is 0 Å². The molecule has 1 unspecified atom stereocenters. The largest absolute Gasteiger partial charge is 0.317 e. The van der Waals surface area contributed by atoms with Gasteiger partial charge in [0.25, 0.3) is 0 Å². The van der Waals surface area contributed by atoms with E-state index in [2.05, 4.69) is 24.5 Å². The molecule has 1 atom stereocenters.